The SMILES string of the molecule is COC(=O)c1oc2c(c1C)/C(=N/NC(=O)c1ccccc1Br)CCC2. The number of methoxy groups -OCH3 is 1. The van der Waals surface area contributed by atoms with Crippen molar-refractivity contribution in [1.29, 1.82) is 0 Å². The van der Waals surface area contributed by atoms with Gasteiger partial charge in [0, 0.05) is 22.0 Å². The second-order valence-corrected chi connectivity index (χ2v) is 6.53. The first-order chi connectivity index (χ1) is 12.0. The van der Waals surface area contributed by atoms with Crippen molar-refractivity contribution < 1.29 is 18.7 Å². The molecule has 0 unspecified atom stereocenters. The molecule has 1 aromatic heterocycles. The summed E-state index contributed by atoms with van der Waals surface area (Å²) in [4.78, 5) is 24.1. The van der Waals surface area contributed by atoms with Crippen LogP contribution in [-0.4, -0.2) is 24.7 Å². The van der Waals surface area contributed by atoms with Gasteiger partial charge in [0.15, 0.2) is 0 Å². The number of carbonyl (C=O) groups excluding carboxylic acids is 2. The molecular weight excluding hydrogens is 388 g/mol. The quantitative estimate of drug-likeness (QED) is 0.625. The Morgan fingerprint density at radius 1 is 1.28 bits per heavy atom. The van der Waals surface area contributed by atoms with E-state index < -0.39 is 5.97 Å². The molecule has 7 heteroatoms. The Morgan fingerprint density at radius 3 is 2.76 bits per heavy atom. The van der Waals surface area contributed by atoms with Crippen LogP contribution in [0.4, 0.5) is 0 Å². The van der Waals surface area contributed by atoms with Gasteiger partial charge in [-0.1, -0.05) is 12.1 Å². The summed E-state index contributed by atoms with van der Waals surface area (Å²) in [5, 5.41) is 4.29. The van der Waals surface area contributed by atoms with Crippen LogP contribution < -0.4 is 5.43 Å². The first kappa shape index (κ1) is 17.4. The lowest BCUT2D eigenvalue weighted by molar-refractivity contribution is 0.0561. The van der Waals surface area contributed by atoms with Gasteiger partial charge in [-0.3, -0.25) is 4.79 Å². The zero-order chi connectivity index (χ0) is 18.0. The Bertz CT molecular complexity index is 870. The Morgan fingerprint density at radius 2 is 2.04 bits per heavy atom. The molecule has 1 aromatic carbocycles. The summed E-state index contributed by atoms with van der Waals surface area (Å²) in [6, 6.07) is 7.13. The van der Waals surface area contributed by atoms with Gasteiger partial charge in [0.05, 0.1) is 18.4 Å². The van der Waals surface area contributed by atoms with Crippen LogP contribution in [0, 0.1) is 6.92 Å². The van der Waals surface area contributed by atoms with Crippen molar-refractivity contribution >= 4 is 33.5 Å². The summed E-state index contributed by atoms with van der Waals surface area (Å²) in [7, 11) is 1.32. The fourth-order valence-electron chi connectivity index (χ4n) is 2.89. The van der Waals surface area contributed by atoms with Gasteiger partial charge >= 0.3 is 5.97 Å². The predicted octanol–water partition coefficient (Wildman–Crippen LogP) is 3.61. The number of nitrogens with zero attached hydrogens (tertiary/aromatic N) is 1. The molecule has 3 rings (SSSR count). The third kappa shape index (κ3) is 3.37. The number of fused-ring (bicyclic) bond motifs is 1. The van der Waals surface area contributed by atoms with Gasteiger partial charge in [-0.05, 0) is 47.8 Å². The number of benzene rings is 1. The fourth-order valence-corrected chi connectivity index (χ4v) is 3.36. The molecule has 0 aliphatic heterocycles. The molecule has 6 nitrogen and oxygen atoms in total. The lowest BCUT2D eigenvalue weighted by Crippen LogP contribution is -2.22. The summed E-state index contributed by atoms with van der Waals surface area (Å²) in [5.74, 6) is 0.0854. The lowest BCUT2D eigenvalue weighted by Gasteiger charge is -2.13. The van der Waals surface area contributed by atoms with Crippen molar-refractivity contribution in [2.24, 2.45) is 5.10 Å². The Labute approximate surface area is 153 Å². The molecule has 25 heavy (non-hydrogen) atoms. The van der Waals surface area contributed by atoms with E-state index in [4.69, 9.17) is 9.15 Å². The van der Waals surface area contributed by atoms with Crippen molar-refractivity contribution in [2.75, 3.05) is 7.11 Å². The monoisotopic (exact) mass is 404 g/mol. The van der Waals surface area contributed by atoms with Gasteiger partial charge in [-0.15, -0.1) is 0 Å². The minimum atomic E-state index is -0.511. The van der Waals surface area contributed by atoms with Crippen LogP contribution >= 0.6 is 15.9 Å². The van der Waals surface area contributed by atoms with Crippen LogP contribution in [0.25, 0.3) is 0 Å². The maximum atomic E-state index is 12.3. The Hall–Kier alpha value is -2.41. The molecule has 0 fully saturated rings. The van der Waals surface area contributed by atoms with Crippen LogP contribution in [0.1, 0.15) is 50.6 Å². The Kier molecular flexibility index (Phi) is 5.03. The average molecular weight is 405 g/mol. The predicted molar refractivity (Wildman–Crippen MR) is 95.9 cm³/mol. The van der Waals surface area contributed by atoms with Gasteiger partial charge in [-0.2, -0.15) is 5.10 Å². The highest BCUT2D eigenvalue weighted by Crippen LogP contribution is 2.30. The molecule has 1 amide bonds. The number of nitrogens with one attached hydrogen (secondary N) is 1. The van der Waals surface area contributed by atoms with Crippen molar-refractivity contribution in [1.82, 2.24) is 5.43 Å². The van der Waals surface area contributed by atoms with Crippen LogP contribution in [0.3, 0.4) is 0 Å². The molecule has 1 N–H and O–H groups in total. The van der Waals surface area contributed by atoms with Crippen LogP contribution in [0.15, 0.2) is 38.3 Å². The molecule has 0 atom stereocenters. The fraction of sp³-hybridized carbons (Fsp3) is 0.278. The number of esters is 1. The number of hydrogen-bond donors (Lipinski definition) is 1. The minimum Gasteiger partial charge on any atom is -0.463 e. The van der Waals surface area contributed by atoms with E-state index in [0.29, 0.717) is 33.5 Å². The first-order valence-electron chi connectivity index (χ1n) is 7.85. The Balaban J connectivity index is 1.89. The number of hydrogen-bond acceptors (Lipinski definition) is 5. The lowest BCUT2D eigenvalue weighted by atomic mass is 9.93. The maximum absolute atomic E-state index is 12.3. The minimum absolute atomic E-state index is 0.194. The highest BCUT2D eigenvalue weighted by Gasteiger charge is 2.28. The number of hydrazone groups is 1. The molecule has 1 heterocycles. The summed E-state index contributed by atoms with van der Waals surface area (Å²) < 4.78 is 11.1. The summed E-state index contributed by atoms with van der Waals surface area (Å²) in [6.45, 7) is 1.80. The topological polar surface area (TPSA) is 80.9 Å². The second-order valence-electron chi connectivity index (χ2n) is 5.68. The molecule has 1 aliphatic carbocycles. The summed E-state index contributed by atoms with van der Waals surface area (Å²) in [6.07, 6.45) is 2.26. The average Bonchev–Trinajstić information content (AvgIpc) is 2.97. The van der Waals surface area contributed by atoms with Crippen molar-refractivity contribution in [3.8, 4) is 0 Å². The second kappa shape index (κ2) is 7.23. The number of ether oxygens (including phenoxy) is 1. The number of rotatable bonds is 3. The van der Waals surface area contributed by atoms with Gasteiger partial charge in [0.2, 0.25) is 5.76 Å². The molecule has 2 aromatic rings. The molecule has 0 saturated heterocycles. The van der Waals surface area contributed by atoms with Crippen LogP contribution in [0.2, 0.25) is 0 Å². The largest absolute Gasteiger partial charge is 0.463 e. The van der Waals surface area contributed by atoms with Crippen molar-refractivity contribution in [3.05, 3.63) is 56.9 Å². The highest BCUT2D eigenvalue weighted by molar-refractivity contribution is 9.10. The summed E-state index contributed by atoms with van der Waals surface area (Å²) in [5.41, 5.74) is 5.28. The van der Waals surface area contributed by atoms with E-state index in [1.807, 2.05) is 6.07 Å². The summed E-state index contributed by atoms with van der Waals surface area (Å²) >= 11 is 3.35. The molecule has 1 aliphatic rings. The number of amides is 1. The zero-order valence-electron chi connectivity index (χ0n) is 13.9. The third-order valence-electron chi connectivity index (χ3n) is 4.11. The van der Waals surface area contributed by atoms with E-state index in [1.165, 1.54) is 7.11 Å². The van der Waals surface area contributed by atoms with Gasteiger partial charge in [0.1, 0.15) is 5.76 Å². The molecule has 0 spiro atoms. The zero-order valence-corrected chi connectivity index (χ0v) is 15.5. The van der Waals surface area contributed by atoms with Gasteiger partial charge < -0.3 is 9.15 Å². The molecular formula is C18H17BrN2O4. The number of furan rings is 1. The van der Waals surface area contributed by atoms with E-state index in [9.17, 15) is 9.59 Å². The molecule has 0 bridgehead atoms. The standard InChI is InChI=1S/C18H17BrN2O4/c1-10-15-13(8-5-9-14(15)25-16(10)18(23)24-2)20-21-17(22)11-6-3-4-7-12(11)19/h3-4,6-7H,5,8-9H2,1-2H3,(H,21,22)/b20-13+. The first-order valence-corrected chi connectivity index (χ1v) is 8.64. The number of carbonyl (C=O) groups is 2. The maximum Gasteiger partial charge on any atom is 0.374 e. The molecule has 0 radical (unpaired) electrons. The van der Waals surface area contributed by atoms with E-state index in [0.717, 1.165) is 18.4 Å². The van der Waals surface area contributed by atoms with Crippen LogP contribution in [0.5, 0.6) is 0 Å². The van der Waals surface area contributed by atoms with Crippen molar-refractivity contribution in [3.63, 3.8) is 0 Å². The van der Waals surface area contributed by atoms with Gasteiger partial charge in [-0.25, -0.2) is 10.2 Å². The highest BCUT2D eigenvalue weighted by atomic mass is 79.9. The van der Waals surface area contributed by atoms with E-state index in [-0.39, 0.29) is 11.7 Å². The normalized spacial score (nSPS) is 14.9. The smallest absolute Gasteiger partial charge is 0.374 e. The van der Waals surface area contributed by atoms with Crippen molar-refractivity contribution in [2.45, 2.75) is 26.2 Å². The van der Waals surface area contributed by atoms with Gasteiger partial charge in [0.25, 0.3) is 5.91 Å². The van der Waals surface area contributed by atoms with E-state index >= 15 is 0 Å². The van der Waals surface area contributed by atoms with Crippen LogP contribution in [-0.2, 0) is 11.2 Å². The molecule has 0 saturated carbocycles. The van der Waals surface area contributed by atoms with E-state index in [1.54, 1.807) is 25.1 Å². The number of halogens is 1. The third-order valence-corrected chi connectivity index (χ3v) is 4.80. The molecule has 130 valence electrons. The number of aryl methyl sites for hydroxylation is 1. The van der Waals surface area contributed by atoms with E-state index in [2.05, 4.69) is 26.5 Å².